The van der Waals surface area contributed by atoms with Gasteiger partial charge in [0, 0.05) is 29.3 Å². The number of carbonyl (C=O) groups excluding carboxylic acids is 1. The van der Waals surface area contributed by atoms with Gasteiger partial charge < -0.3 is 4.90 Å². The summed E-state index contributed by atoms with van der Waals surface area (Å²) in [5.74, 6) is 2.07. The lowest BCUT2D eigenvalue weighted by Gasteiger charge is -2.21. The summed E-state index contributed by atoms with van der Waals surface area (Å²) < 4.78 is 0. The van der Waals surface area contributed by atoms with Crippen LogP contribution in [0.1, 0.15) is 18.4 Å². The minimum atomic E-state index is 0.0111. The predicted octanol–water partition coefficient (Wildman–Crippen LogP) is 1.73. The lowest BCUT2D eigenvalue weighted by atomic mass is 9.99. The molecule has 1 amide bonds. The average molecular weight is 260 g/mol. The summed E-state index contributed by atoms with van der Waals surface area (Å²) >= 11 is 1.81. The molecule has 1 aromatic rings. The summed E-state index contributed by atoms with van der Waals surface area (Å²) in [4.78, 5) is 14.6. The van der Waals surface area contributed by atoms with Gasteiger partial charge in [0.2, 0.25) is 5.91 Å². The molecule has 0 aromatic heterocycles. The molecular formula is C14H16N2OS. The van der Waals surface area contributed by atoms with Crippen molar-refractivity contribution in [2.45, 2.75) is 24.3 Å². The van der Waals surface area contributed by atoms with E-state index in [2.05, 4.69) is 23.5 Å². The van der Waals surface area contributed by atoms with E-state index in [1.807, 2.05) is 22.7 Å². The quantitative estimate of drug-likeness (QED) is 0.834. The first kappa shape index (κ1) is 10.9. The molecular weight excluding hydrogens is 244 g/mol. The molecule has 4 rings (SSSR count). The second-order valence-electron chi connectivity index (χ2n) is 5.49. The Hall–Kier alpha value is -1.00. The molecule has 1 aromatic carbocycles. The smallest absolute Gasteiger partial charge is 0.245 e. The van der Waals surface area contributed by atoms with Crippen LogP contribution in [-0.2, 0) is 10.2 Å². The lowest BCUT2D eigenvalue weighted by molar-refractivity contribution is -0.119. The van der Waals surface area contributed by atoms with Crippen LogP contribution in [0.5, 0.6) is 0 Å². The SMILES string of the molecule is O=C(C1CSCN1)N1CC2(CC2)c2ccccc21. The molecule has 1 N–H and O–H groups in total. The van der Waals surface area contributed by atoms with E-state index < -0.39 is 0 Å². The largest absolute Gasteiger partial charge is 0.310 e. The van der Waals surface area contributed by atoms with Crippen LogP contribution in [0.2, 0.25) is 0 Å². The third kappa shape index (κ3) is 1.45. The molecule has 3 aliphatic rings. The molecule has 94 valence electrons. The summed E-state index contributed by atoms with van der Waals surface area (Å²) in [6.07, 6.45) is 2.47. The zero-order valence-electron chi connectivity index (χ0n) is 10.2. The van der Waals surface area contributed by atoms with E-state index in [1.165, 1.54) is 18.4 Å². The Morgan fingerprint density at radius 3 is 2.94 bits per heavy atom. The number of nitrogens with zero attached hydrogens (tertiary/aromatic N) is 1. The number of nitrogens with one attached hydrogen (secondary N) is 1. The molecule has 1 saturated heterocycles. The number of amides is 1. The van der Waals surface area contributed by atoms with Gasteiger partial charge in [-0.15, -0.1) is 11.8 Å². The van der Waals surface area contributed by atoms with Crippen LogP contribution in [0.25, 0.3) is 0 Å². The van der Waals surface area contributed by atoms with Crippen molar-refractivity contribution in [3.05, 3.63) is 29.8 Å². The minimum Gasteiger partial charge on any atom is -0.310 e. The molecule has 1 spiro atoms. The number of carbonyl (C=O) groups is 1. The normalized spacial score (nSPS) is 27.6. The number of benzene rings is 1. The van der Waals surface area contributed by atoms with Crippen molar-refractivity contribution in [3.63, 3.8) is 0 Å². The molecule has 1 atom stereocenters. The van der Waals surface area contributed by atoms with Crippen molar-refractivity contribution in [2.24, 2.45) is 0 Å². The fraction of sp³-hybridized carbons (Fsp3) is 0.500. The number of rotatable bonds is 1. The Morgan fingerprint density at radius 1 is 1.39 bits per heavy atom. The van der Waals surface area contributed by atoms with Gasteiger partial charge in [0.25, 0.3) is 0 Å². The second kappa shape index (κ2) is 3.75. The van der Waals surface area contributed by atoms with Crippen LogP contribution in [-0.4, -0.2) is 30.1 Å². The van der Waals surface area contributed by atoms with E-state index in [0.29, 0.717) is 5.41 Å². The van der Waals surface area contributed by atoms with Gasteiger partial charge in [-0.2, -0.15) is 0 Å². The standard InChI is InChI=1S/C14H16N2OS/c17-13(11-7-18-9-15-11)16-8-14(5-6-14)10-3-1-2-4-12(10)16/h1-4,11,15H,5-9H2. The van der Waals surface area contributed by atoms with Crippen LogP contribution in [0.4, 0.5) is 5.69 Å². The Labute approximate surface area is 111 Å². The minimum absolute atomic E-state index is 0.0111. The van der Waals surface area contributed by atoms with Crippen LogP contribution < -0.4 is 10.2 Å². The summed E-state index contributed by atoms with van der Waals surface area (Å²) in [6.45, 7) is 0.897. The van der Waals surface area contributed by atoms with E-state index >= 15 is 0 Å². The van der Waals surface area contributed by atoms with Gasteiger partial charge in [0.1, 0.15) is 0 Å². The lowest BCUT2D eigenvalue weighted by Crippen LogP contribution is -2.45. The first-order chi connectivity index (χ1) is 8.80. The molecule has 18 heavy (non-hydrogen) atoms. The summed E-state index contributed by atoms with van der Waals surface area (Å²) in [6, 6.07) is 8.44. The van der Waals surface area contributed by atoms with E-state index in [1.54, 1.807) is 0 Å². The van der Waals surface area contributed by atoms with Crippen LogP contribution in [0.15, 0.2) is 24.3 Å². The number of hydrogen-bond donors (Lipinski definition) is 1. The Balaban J connectivity index is 1.69. The highest BCUT2D eigenvalue weighted by Crippen LogP contribution is 2.56. The molecule has 0 bridgehead atoms. The van der Waals surface area contributed by atoms with E-state index in [-0.39, 0.29) is 11.9 Å². The van der Waals surface area contributed by atoms with Gasteiger partial charge in [-0.25, -0.2) is 0 Å². The molecule has 2 fully saturated rings. The van der Waals surface area contributed by atoms with Crippen molar-refractivity contribution in [2.75, 3.05) is 23.1 Å². The third-order valence-electron chi connectivity index (χ3n) is 4.36. The van der Waals surface area contributed by atoms with E-state index in [0.717, 1.165) is 23.9 Å². The number of para-hydroxylation sites is 1. The zero-order valence-corrected chi connectivity index (χ0v) is 11.0. The van der Waals surface area contributed by atoms with Gasteiger partial charge in [0.15, 0.2) is 0 Å². The molecule has 1 aliphatic carbocycles. The monoisotopic (exact) mass is 260 g/mol. The summed E-state index contributed by atoms with van der Waals surface area (Å²) in [5.41, 5.74) is 2.85. The van der Waals surface area contributed by atoms with Crippen LogP contribution >= 0.6 is 11.8 Å². The van der Waals surface area contributed by atoms with Gasteiger partial charge >= 0.3 is 0 Å². The predicted molar refractivity (Wildman–Crippen MR) is 74.0 cm³/mol. The fourth-order valence-corrected chi connectivity index (χ4v) is 4.08. The van der Waals surface area contributed by atoms with Crippen molar-refractivity contribution in [3.8, 4) is 0 Å². The van der Waals surface area contributed by atoms with Crippen molar-refractivity contribution in [1.82, 2.24) is 5.32 Å². The molecule has 0 radical (unpaired) electrons. The molecule has 4 heteroatoms. The van der Waals surface area contributed by atoms with Crippen molar-refractivity contribution in [1.29, 1.82) is 0 Å². The van der Waals surface area contributed by atoms with Crippen molar-refractivity contribution < 1.29 is 4.79 Å². The summed E-state index contributed by atoms with van der Waals surface area (Å²) in [5, 5.41) is 3.28. The fourth-order valence-electron chi connectivity index (χ4n) is 3.15. The molecule has 2 aliphatic heterocycles. The maximum atomic E-state index is 12.6. The highest BCUT2D eigenvalue weighted by molar-refractivity contribution is 7.99. The number of hydrogen-bond acceptors (Lipinski definition) is 3. The first-order valence-electron chi connectivity index (χ1n) is 6.52. The third-order valence-corrected chi connectivity index (χ3v) is 5.30. The highest BCUT2D eigenvalue weighted by Gasteiger charge is 2.53. The number of thioether (sulfide) groups is 1. The van der Waals surface area contributed by atoms with E-state index in [9.17, 15) is 4.79 Å². The Morgan fingerprint density at radius 2 is 2.22 bits per heavy atom. The molecule has 1 saturated carbocycles. The van der Waals surface area contributed by atoms with Gasteiger partial charge in [0.05, 0.1) is 6.04 Å². The Bertz CT molecular complexity index is 506. The van der Waals surface area contributed by atoms with Crippen LogP contribution in [0.3, 0.4) is 0 Å². The van der Waals surface area contributed by atoms with Gasteiger partial charge in [-0.05, 0) is 24.5 Å². The second-order valence-corrected chi connectivity index (χ2v) is 6.52. The first-order valence-corrected chi connectivity index (χ1v) is 7.68. The average Bonchev–Trinajstić information content (AvgIpc) is 2.87. The summed E-state index contributed by atoms with van der Waals surface area (Å²) in [7, 11) is 0. The number of anilines is 1. The maximum absolute atomic E-state index is 12.6. The van der Waals surface area contributed by atoms with Gasteiger partial charge in [-0.1, -0.05) is 18.2 Å². The molecule has 1 unspecified atom stereocenters. The van der Waals surface area contributed by atoms with Crippen molar-refractivity contribution >= 4 is 23.4 Å². The van der Waals surface area contributed by atoms with Crippen LogP contribution in [0, 0.1) is 0 Å². The number of fused-ring (bicyclic) bond motifs is 2. The molecule has 3 nitrogen and oxygen atoms in total. The van der Waals surface area contributed by atoms with E-state index in [4.69, 9.17) is 0 Å². The zero-order chi connectivity index (χ0) is 12.2. The van der Waals surface area contributed by atoms with Gasteiger partial charge in [-0.3, -0.25) is 10.1 Å². The Kier molecular flexibility index (Phi) is 2.26. The highest BCUT2D eigenvalue weighted by atomic mass is 32.2. The maximum Gasteiger partial charge on any atom is 0.245 e. The molecule has 2 heterocycles. The topological polar surface area (TPSA) is 32.3 Å².